The molecule has 1 heterocycles. The quantitative estimate of drug-likeness (QED) is 0.724. The first kappa shape index (κ1) is 8.71. The van der Waals surface area contributed by atoms with Crippen LogP contribution in [0.25, 0.3) is 0 Å². The summed E-state index contributed by atoms with van der Waals surface area (Å²) in [6, 6.07) is 0. The monoisotopic (exact) mass is 165 g/mol. The van der Waals surface area contributed by atoms with Gasteiger partial charge in [-0.3, -0.25) is 4.98 Å². The molecule has 0 aliphatic carbocycles. The average molecular weight is 165 g/mol. The lowest BCUT2D eigenvalue weighted by Gasteiger charge is -2.04. The molecule has 0 fully saturated rings. The van der Waals surface area contributed by atoms with Crippen LogP contribution in [0.2, 0.25) is 0 Å². The summed E-state index contributed by atoms with van der Waals surface area (Å²) in [6.45, 7) is 3.79. The summed E-state index contributed by atoms with van der Waals surface area (Å²) in [4.78, 5) is 14.5. The molecular formula is C9H11NO2. The molecule has 1 rings (SSSR count). The molecule has 12 heavy (non-hydrogen) atoms. The Morgan fingerprint density at radius 1 is 1.58 bits per heavy atom. The van der Waals surface area contributed by atoms with E-state index in [-0.39, 0.29) is 0 Å². The average Bonchev–Trinajstić information content (AvgIpc) is 2.04. The van der Waals surface area contributed by atoms with E-state index < -0.39 is 5.97 Å². The highest BCUT2D eigenvalue weighted by atomic mass is 16.4. The van der Waals surface area contributed by atoms with Gasteiger partial charge >= 0.3 is 5.97 Å². The topological polar surface area (TPSA) is 50.2 Å². The van der Waals surface area contributed by atoms with E-state index in [1.54, 1.807) is 6.20 Å². The van der Waals surface area contributed by atoms with E-state index in [2.05, 4.69) is 4.98 Å². The molecule has 3 heteroatoms. The third kappa shape index (κ3) is 1.44. The van der Waals surface area contributed by atoms with Crippen molar-refractivity contribution < 1.29 is 9.90 Å². The van der Waals surface area contributed by atoms with Crippen molar-refractivity contribution in [3.8, 4) is 0 Å². The normalized spacial score (nSPS) is 9.83. The number of hydrogen-bond donors (Lipinski definition) is 1. The van der Waals surface area contributed by atoms with E-state index in [1.165, 1.54) is 6.20 Å². The molecular weight excluding hydrogens is 154 g/mol. The van der Waals surface area contributed by atoms with Crippen LogP contribution < -0.4 is 0 Å². The van der Waals surface area contributed by atoms with Crippen LogP contribution in [0.15, 0.2) is 12.4 Å². The molecule has 0 radical (unpaired) electrons. The summed E-state index contributed by atoms with van der Waals surface area (Å²) in [5.74, 6) is -0.907. The van der Waals surface area contributed by atoms with Crippen molar-refractivity contribution in [2.24, 2.45) is 0 Å². The van der Waals surface area contributed by atoms with Crippen molar-refractivity contribution in [1.82, 2.24) is 4.98 Å². The van der Waals surface area contributed by atoms with Crippen LogP contribution in [0.4, 0.5) is 0 Å². The second-order valence-corrected chi connectivity index (χ2v) is 2.63. The van der Waals surface area contributed by atoms with Crippen LogP contribution in [0.5, 0.6) is 0 Å². The number of pyridine rings is 1. The Bertz CT molecular complexity index is 307. The van der Waals surface area contributed by atoms with Crippen LogP contribution in [0.3, 0.4) is 0 Å². The molecule has 3 nitrogen and oxygen atoms in total. The largest absolute Gasteiger partial charge is 0.478 e. The van der Waals surface area contributed by atoms with Gasteiger partial charge in [0.05, 0.1) is 5.56 Å². The maximum atomic E-state index is 10.6. The summed E-state index contributed by atoms with van der Waals surface area (Å²) in [7, 11) is 0. The third-order valence-corrected chi connectivity index (χ3v) is 1.93. The molecule has 0 aliphatic heterocycles. The summed E-state index contributed by atoms with van der Waals surface area (Å²) in [6.07, 6.45) is 3.92. The van der Waals surface area contributed by atoms with Gasteiger partial charge in [-0.1, -0.05) is 6.92 Å². The van der Waals surface area contributed by atoms with Gasteiger partial charge < -0.3 is 5.11 Å². The van der Waals surface area contributed by atoms with Crippen LogP contribution in [0, 0.1) is 6.92 Å². The molecule has 0 spiro atoms. The number of aromatic nitrogens is 1. The number of nitrogens with zero attached hydrogens (tertiary/aromatic N) is 1. The smallest absolute Gasteiger partial charge is 0.337 e. The fraction of sp³-hybridized carbons (Fsp3) is 0.333. The van der Waals surface area contributed by atoms with E-state index in [1.807, 2.05) is 13.8 Å². The number of aromatic carboxylic acids is 1. The SMILES string of the molecule is CCc1cncc(C(=O)O)c1C. The lowest BCUT2D eigenvalue weighted by molar-refractivity contribution is 0.0695. The number of aryl methyl sites for hydroxylation is 1. The van der Waals surface area contributed by atoms with Crippen LogP contribution in [-0.4, -0.2) is 16.1 Å². The number of carbonyl (C=O) groups is 1. The van der Waals surface area contributed by atoms with Gasteiger partial charge in [0, 0.05) is 12.4 Å². The Morgan fingerprint density at radius 2 is 2.25 bits per heavy atom. The minimum atomic E-state index is -0.907. The van der Waals surface area contributed by atoms with Crippen molar-refractivity contribution in [3.63, 3.8) is 0 Å². The number of hydrogen-bond acceptors (Lipinski definition) is 2. The van der Waals surface area contributed by atoms with Gasteiger partial charge in [-0.05, 0) is 24.5 Å². The Morgan fingerprint density at radius 3 is 2.75 bits per heavy atom. The van der Waals surface area contributed by atoms with Crippen molar-refractivity contribution >= 4 is 5.97 Å². The fourth-order valence-electron chi connectivity index (χ4n) is 1.14. The van der Waals surface area contributed by atoms with Gasteiger partial charge in [0.2, 0.25) is 0 Å². The molecule has 1 aromatic rings. The molecule has 1 N–H and O–H groups in total. The molecule has 1 aromatic heterocycles. The molecule has 0 amide bonds. The second-order valence-electron chi connectivity index (χ2n) is 2.63. The molecule has 0 aromatic carbocycles. The summed E-state index contributed by atoms with van der Waals surface area (Å²) >= 11 is 0. The fourth-order valence-corrected chi connectivity index (χ4v) is 1.14. The molecule has 0 aliphatic rings. The zero-order valence-electron chi connectivity index (χ0n) is 7.16. The third-order valence-electron chi connectivity index (χ3n) is 1.93. The molecule has 64 valence electrons. The van der Waals surface area contributed by atoms with E-state index in [0.29, 0.717) is 5.56 Å². The Labute approximate surface area is 71.1 Å². The van der Waals surface area contributed by atoms with Crippen LogP contribution >= 0.6 is 0 Å². The summed E-state index contributed by atoms with van der Waals surface area (Å²) < 4.78 is 0. The second kappa shape index (κ2) is 3.34. The van der Waals surface area contributed by atoms with Crippen molar-refractivity contribution in [1.29, 1.82) is 0 Å². The first-order valence-electron chi connectivity index (χ1n) is 3.83. The van der Waals surface area contributed by atoms with Gasteiger partial charge in [0.1, 0.15) is 0 Å². The lowest BCUT2D eigenvalue weighted by Crippen LogP contribution is -2.03. The molecule has 0 atom stereocenters. The van der Waals surface area contributed by atoms with E-state index >= 15 is 0 Å². The number of rotatable bonds is 2. The highest BCUT2D eigenvalue weighted by Crippen LogP contribution is 2.11. The van der Waals surface area contributed by atoms with Crippen molar-refractivity contribution in [2.45, 2.75) is 20.3 Å². The van der Waals surface area contributed by atoms with Crippen LogP contribution in [-0.2, 0) is 6.42 Å². The molecule has 0 saturated heterocycles. The summed E-state index contributed by atoms with van der Waals surface area (Å²) in [5.41, 5.74) is 2.12. The van der Waals surface area contributed by atoms with Crippen molar-refractivity contribution in [3.05, 3.63) is 29.1 Å². The zero-order valence-corrected chi connectivity index (χ0v) is 7.16. The van der Waals surface area contributed by atoms with E-state index in [4.69, 9.17) is 5.11 Å². The Hall–Kier alpha value is -1.38. The predicted molar refractivity (Wildman–Crippen MR) is 45.3 cm³/mol. The van der Waals surface area contributed by atoms with Gasteiger partial charge in [-0.25, -0.2) is 4.79 Å². The molecule has 0 saturated carbocycles. The summed E-state index contributed by atoms with van der Waals surface area (Å²) in [5, 5.41) is 8.75. The standard InChI is InChI=1S/C9H11NO2/c1-3-7-4-10-5-8(6(7)2)9(11)12/h4-5H,3H2,1-2H3,(H,11,12). The van der Waals surface area contributed by atoms with Gasteiger partial charge in [-0.2, -0.15) is 0 Å². The highest BCUT2D eigenvalue weighted by Gasteiger charge is 2.08. The minimum Gasteiger partial charge on any atom is -0.478 e. The molecule has 0 unspecified atom stereocenters. The maximum Gasteiger partial charge on any atom is 0.337 e. The van der Waals surface area contributed by atoms with Gasteiger partial charge in [-0.15, -0.1) is 0 Å². The Balaban J connectivity index is 3.23. The first-order chi connectivity index (χ1) is 5.66. The van der Waals surface area contributed by atoms with Crippen LogP contribution in [0.1, 0.15) is 28.4 Å². The number of carboxylic acids is 1. The van der Waals surface area contributed by atoms with Gasteiger partial charge in [0.25, 0.3) is 0 Å². The lowest BCUT2D eigenvalue weighted by atomic mass is 10.0. The zero-order chi connectivity index (χ0) is 9.14. The van der Waals surface area contributed by atoms with Gasteiger partial charge in [0.15, 0.2) is 0 Å². The minimum absolute atomic E-state index is 0.300. The highest BCUT2D eigenvalue weighted by molar-refractivity contribution is 5.89. The first-order valence-corrected chi connectivity index (χ1v) is 3.83. The maximum absolute atomic E-state index is 10.6. The predicted octanol–water partition coefficient (Wildman–Crippen LogP) is 1.65. The number of carboxylic acid groups (broad SMARTS) is 1. The van der Waals surface area contributed by atoms with E-state index in [0.717, 1.165) is 17.5 Å². The van der Waals surface area contributed by atoms with E-state index in [9.17, 15) is 4.79 Å². The van der Waals surface area contributed by atoms with Crippen molar-refractivity contribution in [2.75, 3.05) is 0 Å². The molecule has 0 bridgehead atoms. The Kier molecular flexibility index (Phi) is 2.43.